The number of thiocarbonyl (C=S) groups is 1. The summed E-state index contributed by atoms with van der Waals surface area (Å²) in [5, 5.41) is 7.61. The number of thiophene rings is 1. The number of anilines is 1. The van der Waals surface area contributed by atoms with Crippen molar-refractivity contribution < 1.29 is 14.3 Å². The first-order valence-electron chi connectivity index (χ1n) is 10.3. The Labute approximate surface area is 183 Å². The van der Waals surface area contributed by atoms with Gasteiger partial charge in [-0.3, -0.25) is 4.79 Å². The van der Waals surface area contributed by atoms with Crippen LogP contribution in [0.25, 0.3) is 0 Å². The molecule has 0 aliphatic heterocycles. The van der Waals surface area contributed by atoms with Gasteiger partial charge in [0.25, 0.3) is 5.91 Å². The number of esters is 1. The number of rotatable bonds is 6. The number of carbonyl (C=O) groups is 2. The average molecular weight is 440 g/mol. The van der Waals surface area contributed by atoms with E-state index in [-0.39, 0.29) is 5.91 Å². The molecule has 1 saturated carbocycles. The van der Waals surface area contributed by atoms with Gasteiger partial charge in [-0.1, -0.05) is 26.7 Å². The molecule has 2 N–H and O–H groups in total. The zero-order chi connectivity index (χ0) is 21.7. The maximum atomic E-state index is 12.9. The summed E-state index contributed by atoms with van der Waals surface area (Å²) in [5.41, 5.74) is 1.01. The molecule has 3 atom stereocenters. The van der Waals surface area contributed by atoms with Crippen LogP contribution in [-0.2, 0) is 4.74 Å². The van der Waals surface area contributed by atoms with E-state index >= 15 is 0 Å². The molecule has 0 spiro atoms. The second-order valence-corrected chi connectivity index (χ2v) is 9.13. The average Bonchev–Trinajstić information content (AvgIpc) is 3.01. The van der Waals surface area contributed by atoms with Crippen molar-refractivity contribution in [1.29, 1.82) is 0 Å². The molecule has 8 heteroatoms. The van der Waals surface area contributed by atoms with Crippen molar-refractivity contribution in [2.75, 3.05) is 25.5 Å². The lowest BCUT2D eigenvalue weighted by Crippen LogP contribution is -2.45. The van der Waals surface area contributed by atoms with Crippen LogP contribution in [0.2, 0.25) is 0 Å². The molecular weight excluding hydrogens is 406 g/mol. The highest BCUT2D eigenvalue weighted by Crippen LogP contribution is 2.35. The number of hydrogen-bond donors (Lipinski definition) is 2. The first kappa shape index (κ1) is 23.6. The highest BCUT2D eigenvalue weighted by Gasteiger charge is 2.30. The molecule has 1 aliphatic carbocycles. The van der Waals surface area contributed by atoms with Crippen molar-refractivity contribution in [1.82, 2.24) is 10.2 Å². The van der Waals surface area contributed by atoms with E-state index in [1.165, 1.54) is 31.3 Å². The van der Waals surface area contributed by atoms with Crippen LogP contribution in [0.3, 0.4) is 0 Å². The van der Waals surface area contributed by atoms with Crippen LogP contribution in [-0.4, -0.2) is 48.1 Å². The van der Waals surface area contributed by atoms with Crippen molar-refractivity contribution in [3.8, 4) is 0 Å². The van der Waals surface area contributed by atoms with E-state index in [0.29, 0.717) is 57.1 Å². The summed E-state index contributed by atoms with van der Waals surface area (Å²) in [7, 11) is 1.34. The lowest BCUT2D eigenvalue weighted by Gasteiger charge is -2.35. The van der Waals surface area contributed by atoms with Crippen LogP contribution in [0.15, 0.2) is 0 Å². The standard InChI is InChI=1S/C21H33N3O3S2/c1-7-24(8-2)19(25)17-14(5)16(20(26)27-6)18(29-17)23-21(28)22-15-11-9-10-12(3)13(15)4/h12-13,15H,7-11H2,1-6H3,(H2,22,23,28)/t12-,13-,15-/m1/s1. The Morgan fingerprint density at radius 2 is 1.90 bits per heavy atom. The van der Waals surface area contributed by atoms with E-state index in [1.54, 1.807) is 11.8 Å². The van der Waals surface area contributed by atoms with E-state index in [2.05, 4.69) is 24.5 Å². The van der Waals surface area contributed by atoms with Crippen molar-refractivity contribution in [3.63, 3.8) is 0 Å². The quantitative estimate of drug-likeness (QED) is 0.505. The van der Waals surface area contributed by atoms with Crippen LogP contribution in [0, 0.1) is 18.8 Å². The summed E-state index contributed by atoms with van der Waals surface area (Å²) in [5.74, 6) is 0.622. The second-order valence-electron chi connectivity index (χ2n) is 7.70. The predicted octanol–water partition coefficient (Wildman–Crippen LogP) is 4.44. The Kier molecular flexibility index (Phi) is 8.46. The SMILES string of the molecule is CCN(CC)C(=O)c1sc(NC(=S)N[C@@H]2CCC[C@@H](C)[C@H]2C)c(C(=O)OC)c1C. The van der Waals surface area contributed by atoms with E-state index < -0.39 is 5.97 Å². The molecular formula is C21H33N3O3S2. The number of amides is 1. The highest BCUT2D eigenvalue weighted by molar-refractivity contribution is 7.80. The molecule has 6 nitrogen and oxygen atoms in total. The first-order chi connectivity index (χ1) is 13.7. The summed E-state index contributed by atoms with van der Waals surface area (Å²) in [6.07, 6.45) is 3.50. The minimum Gasteiger partial charge on any atom is -0.465 e. The number of carbonyl (C=O) groups excluding carboxylic acids is 2. The fraction of sp³-hybridized carbons (Fsp3) is 0.667. The maximum Gasteiger partial charge on any atom is 0.341 e. The molecule has 0 aromatic carbocycles. The number of nitrogens with one attached hydrogen (secondary N) is 2. The number of ether oxygens (including phenoxy) is 1. The molecule has 0 radical (unpaired) electrons. The van der Waals surface area contributed by atoms with Gasteiger partial charge < -0.3 is 20.3 Å². The lowest BCUT2D eigenvalue weighted by atomic mass is 9.78. The van der Waals surface area contributed by atoms with Gasteiger partial charge in [0.05, 0.1) is 17.6 Å². The van der Waals surface area contributed by atoms with Crippen molar-refractivity contribution in [3.05, 3.63) is 16.0 Å². The van der Waals surface area contributed by atoms with E-state index in [1.807, 2.05) is 13.8 Å². The Hall–Kier alpha value is -1.67. The van der Waals surface area contributed by atoms with Crippen LogP contribution in [0.4, 0.5) is 5.00 Å². The number of hydrogen-bond acceptors (Lipinski definition) is 5. The predicted molar refractivity (Wildman–Crippen MR) is 123 cm³/mol. The topological polar surface area (TPSA) is 70.7 Å². The summed E-state index contributed by atoms with van der Waals surface area (Å²) < 4.78 is 4.97. The molecule has 1 aliphatic rings. The molecule has 0 saturated heterocycles. The molecule has 2 rings (SSSR count). The van der Waals surface area contributed by atoms with Crippen LogP contribution < -0.4 is 10.6 Å². The van der Waals surface area contributed by atoms with E-state index in [9.17, 15) is 9.59 Å². The van der Waals surface area contributed by atoms with Gasteiger partial charge in [0.1, 0.15) is 5.00 Å². The summed E-state index contributed by atoms with van der Waals surface area (Å²) in [4.78, 5) is 27.6. The van der Waals surface area contributed by atoms with E-state index in [0.717, 1.165) is 6.42 Å². The van der Waals surface area contributed by atoms with Gasteiger partial charge in [0.15, 0.2) is 5.11 Å². The third-order valence-electron chi connectivity index (χ3n) is 6.03. The lowest BCUT2D eigenvalue weighted by molar-refractivity contribution is 0.0601. The van der Waals surface area contributed by atoms with Crippen molar-refractivity contribution in [2.24, 2.45) is 11.8 Å². The largest absolute Gasteiger partial charge is 0.465 e. The molecule has 1 aromatic rings. The Morgan fingerprint density at radius 1 is 1.24 bits per heavy atom. The van der Waals surface area contributed by atoms with E-state index in [4.69, 9.17) is 17.0 Å². The van der Waals surface area contributed by atoms with Crippen molar-refractivity contribution in [2.45, 2.75) is 59.9 Å². The Morgan fingerprint density at radius 3 is 2.48 bits per heavy atom. The van der Waals surface area contributed by atoms with Gasteiger partial charge in [-0.05, 0) is 56.8 Å². The van der Waals surface area contributed by atoms with Crippen LogP contribution >= 0.6 is 23.6 Å². The van der Waals surface area contributed by atoms with Gasteiger partial charge in [-0.2, -0.15) is 0 Å². The summed E-state index contributed by atoms with van der Waals surface area (Å²) in [6.45, 7) is 11.4. The third kappa shape index (κ3) is 5.28. The van der Waals surface area contributed by atoms with Gasteiger partial charge >= 0.3 is 5.97 Å². The summed E-state index contributed by atoms with van der Waals surface area (Å²) in [6, 6.07) is 0.304. The normalized spacial score (nSPS) is 21.4. The molecule has 1 heterocycles. The van der Waals surface area contributed by atoms with Gasteiger partial charge in [0.2, 0.25) is 0 Å². The minimum absolute atomic E-state index is 0.0793. The van der Waals surface area contributed by atoms with Gasteiger partial charge in [-0.25, -0.2) is 4.79 Å². The summed E-state index contributed by atoms with van der Waals surface area (Å²) >= 11 is 6.80. The monoisotopic (exact) mass is 439 g/mol. The van der Waals surface area contributed by atoms with Gasteiger partial charge in [0, 0.05) is 19.1 Å². The highest BCUT2D eigenvalue weighted by atomic mass is 32.1. The maximum absolute atomic E-state index is 12.9. The molecule has 1 aromatic heterocycles. The van der Waals surface area contributed by atoms with Crippen LogP contribution in [0.5, 0.6) is 0 Å². The minimum atomic E-state index is -0.470. The fourth-order valence-electron chi connectivity index (χ4n) is 3.90. The molecule has 0 unspecified atom stereocenters. The fourth-order valence-corrected chi connectivity index (χ4v) is 5.39. The number of methoxy groups -OCH3 is 1. The third-order valence-corrected chi connectivity index (χ3v) is 7.45. The van der Waals surface area contributed by atoms with Crippen molar-refractivity contribution >= 4 is 45.5 Å². The molecule has 1 amide bonds. The molecule has 1 fully saturated rings. The van der Waals surface area contributed by atoms with Gasteiger partial charge in [-0.15, -0.1) is 11.3 Å². The second kappa shape index (κ2) is 10.4. The number of nitrogens with zero attached hydrogens (tertiary/aromatic N) is 1. The zero-order valence-electron chi connectivity index (χ0n) is 18.3. The first-order valence-corrected chi connectivity index (χ1v) is 11.6. The van der Waals surface area contributed by atoms with Crippen LogP contribution in [0.1, 0.15) is 72.6 Å². The molecule has 29 heavy (non-hydrogen) atoms. The Bertz CT molecular complexity index is 759. The molecule has 0 bridgehead atoms. The Balaban J connectivity index is 2.26. The zero-order valence-corrected chi connectivity index (χ0v) is 19.9. The molecule has 162 valence electrons. The smallest absolute Gasteiger partial charge is 0.341 e.